The fraction of sp³-hybridized carbons (Fsp3) is 0.250. The molecule has 1 heterocycles. The van der Waals surface area contributed by atoms with Gasteiger partial charge >= 0.3 is 5.97 Å². The highest BCUT2D eigenvalue weighted by Gasteiger charge is 2.26. The topological polar surface area (TPSA) is 96.5 Å². The quantitative estimate of drug-likeness (QED) is 0.302. The van der Waals surface area contributed by atoms with Gasteiger partial charge in [0, 0.05) is 10.6 Å². The van der Waals surface area contributed by atoms with E-state index >= 15 is 0 Å². The number of carbonyl (C=O) groups is 1. The van der Waals surface area contributed by atoms with Crippen LogP contribution in [0.4, 0.5) is 16.4 Å². The lowest BCUT2D eigenvalue weighted by molar-refractivity contribution is 0.0601. The van der Waals surface area contributed by atoms with Gasteiger partial charge in [-0.3, -0.25) is 4.72 Å². The Morgan fingerprint density at radius 2 is 1.74 bits per heavy atom. The largest absolute Gasteiger partial charge is 0.465 e. The van der Waals surface area contributed by atoms with Crippen molar-refractivity contribution < 1.29 is 17.9 Å². The third kappa shape index (κ3) is 5.24. The summed E-state index contributed by atoms with van der Waals surface area (Å²) >= 11 is 6.98. The molecule has 0 fully saturated rings. The van der Waals surface area contributed by atoms with E-state index < -0.39 is 10.0 Å². The van der Waals surface area contributed by atoms with Gasteiger partial charge in [-0.1, -0.05) is 18.2 Å². The zero-order valence-electron chi connectivity index (χ0n) is 18.8. The highest BCUT2D eigenvalue weighted by atomic mass is 32.2. The molecule has 1 aliphatic carbocycles. The smallest absolute Gasteiger partial charge is 0.341 e. The molecule has 3 N–H and O–H groups in total. The lowest BCUT2D eigenvalue weighted by Crippen LogP contribution is -2.20. The Hall–Kier alpha value is -2.95. The number of thiophene rings is 1. The van der Waals surface area contributed by atoms with Crippen LogP contribution in [0.15, 0.2) is 53.4 Å². The van der Waals surface area contributed by atoms with E-state index in [2.05, 4.69) is 15.4 Å². The lowest BCUT2D eigenvalue weighted by atomic mass is 9.95. The van der Waals surface area contributed by atoms with Crippen LogP contribution in [0.25, 0.3) is 0 Å². The van der Waals surface area contributed by atoms with Crippen molar-refractivity contribution in [2.75, 3.05) is 22.5 Å². The van der Waals surface area contributed by atoms with Gasteiger partial charge in [0.2, 0.25) is 0 Å². The van der Waals surface area contributed by atoms with Gasteiger partial charge in [-0.2, -0.15) is 0 Å². The van der Waals surface area contributed by atoms with Crippen molar-refractivity contribution in [3.8, 4) is 0 Å². The monoisotopic (exact) mass is 515 g/mol. The van der Waals surface area contributed by atoms with Crippen LogP contribution >= 0.6 is 23.6 Å². The average Bonchev–Trinajstić information content (AvgIpc) is 3.18. The number of rotatable bonds is 6. The standard InChI is InChI=1S/C24H25N3O4S3/c1-15-7-3-5-9-19(15)27-34(29,30)17-13-11-16(12-14-17)25-24(32)26-22-21(23(28)31-2)18-8-4-6-10-20(18)33-22/h3,5,7,9,11-14,27H,4,6,8,10H2,1-2H3,(H2,25,26,32). The van der Waals surface area contributed by atoms with E-state index in [-0.39, 0.29) is 10.9 Å². The zero-order valence-corrected chi connectivity index (χ0v) is 21.3. The first-order valence-corrected chi connectivity index (χ1v) is 13.5. The van der Waals surface area contributed by atoms with Crippen molar-refractivity contribution in [3.63, 3.8) is 0 Å². The predicted molar refractivity (Wildman–Crippen MR) is 141 cm³/mol. The Kier molecular flexibility index (Phi) is 7.20. The van der Waals surface area contributed by atoms with E-state index in [1.165, 1.54) is 35.5 Å². The maximum absolute atomic E-state index is 12.7. The normalized spacial score (nSPS) is 13.0. The van der Waals surface area contributed by atoms with E-state index in [1.54, 1.807) is 24.3 Å². The molecule has 0 bridgehead atoms. The molecule has 0 unspecified atom stereocenters. The van der Waals surface area contributed by atoms with Crippen LogP contribution in [-0.2, 0) is 27.6 Å². The van der Waals surface area contributed by atoms with Gasteiger partial charge in [0.1, 0.15) is 5.00 Å². The number of nitrogens with one attached hydrogen (secondary N) is 3. The van der Waals surface area contributed by atoms with Crippen molar-refractivity contribution in [2.24, 2.45) is 0 Å². The molecule has 0 aliphatic heterocycles. The van der Waals surface area contributed by atoms with Crippen LogP contribution in [0.3, 0.4) is 0 Å². The number of para-hydroxylation sites is 1. The van der Waals surface area contributed by atoms with E-state index in [9.17, 15) is 13.2 Å². The first kappa shape index (κ1) is 24.2. The summed E-state index contributed by atoms with van der Waals surface area (Å²) in [4.78, 5) is 13.7. The number of anilines is 3. The molecule has 4 rings (SSSR count). The van der Waals surface area contributed by atoms with Crippen molar-refractivity contribution in [1.82, 2.24) is 0 Å². The molecule has 2 aromatic carbocycles. The summed E-state index contributed by atoms with van der Waals surface area (Å²) in [5, 5.41) is 7.14. The molecule has 0 saturated carbocycles. The molecule has 178 valence electrons. The van der Waals surface area contributed by atoms with E-state index in [0.717, 1.165) is 36.8 Å². The Balaban J connectivity index is 1.46. The number of fused-ring (bicyclic) bond motifs is 1. The third-order valence-electron chi connectivity index (χ3n) is 5.60. The van der Waals surface area contributed by atoms with Crippen LogP contribution < -0.4 is 15.4 Å². The molecule has 0 saturated heterocycles. The minimum Gasteiger partial charge on any atom is -0.465 e. The Bertz CT molecular complexity index is 1330. The third-order valence-corrected chi connectivity index (χ3v) is 8.39. The van der Waals surface area contributed by atoms with Crippen LogP contribution in [0.1, 0.15) is 39.2 Å². The van der Waals surface area contributed by atoms with E-state index in [4.69, 9.17) is 17.0 Å². The highest BCUT2D eigenvalue weighted by Crippen LogP contribution is 2.38. The number of carbonyl (C=O) groups excluding carboxylic acids is 1. The molecule has 0 spiro atoms. The molecular formula is C24H25N3O4S3. The second kappa shape index (κ2) is 10.1. The SMILES string of the molecule is COC(=O)c1c(NC(=S)Nc2ccc(S(=O)(=O)Nc3ccccc3C)cc2)sc2c1CCCC2. The lowest BCUT2D eigenvalue weighted by Gasteiger charge is -2.13. The number of benzene rings is 2. The molecule has 0 amide bonds. The molecule has 7 nitrogen and oxygen atoms in total. The van der Waals surface area contributed by atoms with Gasteiger partial charge in [-0.05, 0) is 86.3 Å². The molecule has 0 radical (unpaired) electrons. The molecule has 1 aliphatic rings. The number of methoxy groups -OCH3 is 1. The number of esters is 1. The fourth-order valence-corrected chi connectivity index (χ4v) is 6.54. The number of hydrogen-bond donors (Lipinski definition) is 3. The second-order valence-electron chi connectivity index (χ2n) is 7.93. The summed E-state index contributed by atoms with van der Waals surface area (Å²) in [6.07, 6.45) is 3.94. The predicted octanol–water partition coefficient (Wildman–Crippen LogP) is 5.33. The van der Waals surface area contributed by atoms with Gasteiger partial charge in [-0.15, -0.1) is 11.3 Å². The summed E-state index contributed by atoms with van der Waals surface area (Å²) < 4.78 is 33.1. The minimum atomic E-state index is -3.73. The van der Waals surface area contributed by atoms with Crippen LogP contribution in [-0.4, -0.2) is 26.6 Å². The molecule has 0 atom stereocenters. The van der Waals surface area contributed by atoms with Gasteiger partial charge in [0.05, 0.1) is 23.3 Å². The van der Waals surface area contributed by atoms with Gasteiger partial charge in [0.25, 0.3) is 10.0 Å². The van der Waals surface area contributed by atoms with Crippen molar-refractivity contribution in [3.05, 3.63) is 70.1 Å². The number of ether oxygens (including phenoxy) is 1. The Morgan fingerprint density at radius 1 is 1.03 bits per heavy atom. The molecule has 10 heteroatoms. The van der Waals surface area contributed by atoms with Crippen LogP contribution in [0, 0.1) is 6.92 Å². The van der Waals surface area contributed by atoms with Crippen LogP contribution in [0.5, 0.6) is 0 Å². The van der Waals surface area contributed by atoms with Crippen molar-refractivity contribution in [1.29, 1.82) is 0 Å². The summed E-state index contributed by atoms with van der Waals surface area (Å²) in [6.45, 7) is 1.84. The summed E-state index contributed by atoms with van der Waals surface area (Å²) in [5.74, 6) is -0.375. The van der Waals surface area contributed by atoms with Gasteiger partial charge in [0.15, 0.2) is 5.11 Å². The molecule has 3 aromatic rings. The van der Waals surface area contributed by atoms with Gasteiger partial charge < -0.3 is 15.4 Å². The average molecular weight is 516 g/mol. The molecule has 34 heavy (non-hydrogen) atoms. The maximum Gasteiger partial charge on any atom is 0.341 e. The Morgan fingerprint density at radius 3 is 2.44 bits per heavy atom. The highest BCUT2D eigenvalue weighted by molar-refractivity contribution is 7.92. The number of sulfonamides is 1. The first-order valence-electron chi connectivity index (χ1n) is 10.8. The number of aryl methyl sites for hydroxylation is 2. The van der Waals surface area contributed by atoms with Crippen molar-refractivity contribution in [2.45, 2.75) is 37.5 Å². The zero-order chi connectivity index (χ0) is 24.3. The van der Waals surface area contributed by atoms with E-state index in [1.807, 2.05) is 19.1 Å². The summed E-state index contributed by atoms with van der Waals surface area (Å²) in [7, 11) is -2.35. The fourth-order valence-electron chi connectivity index (χ4n) is 3.85. The van der Waals surface area contributed by atoms with Crippen LogP contribution in [0.2, 0.25) is 0 Å². The first-order chi connectivity index (χ1) is 16.3. The van der Waals surface area contributed by atoms with Crippen molar-refractivity contribution >= 4 is 61.0 Å². The Labute approximate surface area is 208 Å². The number of thiocarbonyl (C=S) groups is 1. The van der Waals surface area contributed by atoms with Gasteiger partial charge in [-0.25, -0.2) is 13.2 Å². The summed E-state index contributed by atoms with van der Waals surface area (Å²) in [6, 6.07) is 13.5. The number of hydrogen-bond acceptors (Lipinski definition) is 6. The second-order valence-corrected chi connectivity index (χ2v) is 11.1. The maximum atomic E-state index is 12.7. The molecule has 1 aromatic heterocycles. The summed E-state index contributed by atoms with van der Waals surface area (Å²) in [5.41, 5.74) is 3.59. The minimum absolute atomic E-state index is 0.138. The van der Waals surface area contributed by atoms with E-state index in [0.29, 0.717) is 27.1 Å². The molecular weight excluding hydrogens is 490 g/mol.